The first-order valence-corrected chi connectivity index (χ1v) is 7.98. The van der Waals surface area contributed by atoms with Crippen molar-refractivity contribution in [3.63, 3.8) is 0 Å². The third kappa shape index (κ3) is 3.93. The van der Waals surface area contributed by atoms with Crippen molar-refractivity contribution in [3.05, 3.63) is 53.8 Å². The molecule has 3 rings (SSSR count). The van der Waals surface area contributed by atoms with Crippen molar-refractivity contribution in [2.45, 2.75) is 6.42 Å². The van der Waals surface area contributed by atoms with Crippen LogP contribution in [0, 0.1) is 5.82 Å². The fourth-order valence-corrected chi connectivity index (χ4v) is 2.91. The number of benzene rings is 2. The lowest BCUT2D eigenvalue weighted by atomic mass is 10.1. The number of piperazine rings is 1. The molecule has 0 aromatic heterocycles. The van der Waals surface area contributed by atoms with Crippen LogP contribution in [0.5, 0.6) is 0 Å². The van der Waals surface area contributed by atoms with Crippen LogP contribution in [0.1, 0.15) is 5.56 Å². The van der Waals surface area contributed by atoms with E-state index in [0.717, 1.165) is 50.5 Å². The Hall–Kier alpha value is -2.27. The number of rotatable bonds is 4. The molecule has 0 unspecified atom stereocenters. The number of anilines is 3. The van der Waals surface area contributed by atoms with Gasteiger partial charge in [0.05, 0.1) is 5.69 Å². The minimum Gasteiger partial charge on any atom is -0.399 e. The van der Waals surface area contributed by atoms with Crippen molar-refractivity contribution in [2.24, 2.45) is 0 Å². The monoisotopic (exact) mass is 314 g/mol. The van der Waals surface area contributed by atoms with Crippen molar-refractivity contribution in [3.8, 4) is 0 Å². The fourth-order valence-electron chi connectivity index (χ4n) is 2.91. The maximum atomic E-state index is 13.6. The number of halogens is 1. The van der Waals surface area contributed by atoms with E-state index < -0.39 is 0 Å². The third-order valence-corrected chi connectivity index (χ3v) is 4.42. The van der Waals surface area contributed by atoms with Gasteiger partial charge in [0.25, 0.3) is 0 Å². The predicted octanol–water partition coefficient (Wildman–Crippen LogP) is 2.35. The van der Waals surface area contributed by atoms with E-state index in [9.17, 15) is 4.39 Å². The Labute approximate surface area is 136 Å². The van der Waals surface area contributed by atoms with Gasteiger partial charge in [-0.3, -0.25) is 4.90 Å². The Balaban J connectivity index is 1.50. The van der Waals surface area contributed by atoms with E-state index in [-0.39, 0.29) is 11.5 Å². The van der Waals surface area contributed by atoms with Crippen LogP contribution in [0.15, 0.2) is 42.5 Å². The van der Waals surface area contributed by atoms with Gasteiger partial charge in [0.1, 0.15) is 5.82 Å². The molecule has 2 aromatic rings. The molecule has 4 N–H and O–H groups in total. The zero-order chi connectivity index (χ0) is 16.2. The summed E-state index contributed by atoms with van der Waals surface area (Å²) < 4.78 is 13.6. The first-order chi connectivity index (χ1) is 11.1. The van der Waals surface area contributed by atoms with E-state index in [0.29, 0.717) is 0 Å². The molecule has 0 bridgehead atoms. The summed E-state index contributed by atoms with van der Waals surface area (Å²) in [6, 6.07) is 13.1. The predicted molar refractivity (Wildman–Crippen MR) is 94.0 cm³/mol. The molecule has 0 spiro atoms. The molecule has 0 amide bonds. The zero-order valence-electron chi connectivity index (χ0n) is 13.2. The van der Waals surface area contributed by atoms with Gasteiger partial charge < -0.3 is 16.4 Å². The highest BCUT2D eigenvalue weighted by Crippen LogP contribution is 2.21. The topological polar surface area (TPSA) is 58.5 Å². The zero-order valence-corrected chi connectivity index (χ0v) is 13.2. The lowest BCUT2D eigenvalue weighted by molar-refractivity contribution is 0.261. The van der Waals surface area contributed by atoms with Gasteiger partial charge in [-0.25, -0.2) is 4.39 Å². The molecule has 0 saturated carbocycles. The lowest BCUT2D eigenvalue weighted by Crippen LogP contribution is -2.47. The Morgan fingerprint density at radius 1 is 0.913 bits per heavy atom. The normalized spacial score (nSPS) is 15.8. The molecule has 1 heterocycles. The van der Waals surface area contributed by atoms with Crippen molar-refractivity contribution in [1.82, 2.24) is 4.90 Å². The van der Waals surface area contributed by atoms with Gasteiger partial charge in [0.15, 0.2) is 0 Å². The maximum absolute atomic E-state index is 13.6. The number of nitrogens with zero attached hydrogens (tertiary/aromatic N) is 2. The van der Waals surface area contributed by atoms with E-state index in [1.54, 1.807) is 6.07 Å². The second-order valence-corrected chi connectivity index (χ2v) is 6.03. The molecule has 1 aliphatic rings. The van der Waals surface area contributed by atoms with Crippen molar-refractivity contribution >= 4 is 17.1 Å². The Kier molecular flexibility index (Phi) is 4.67. The molecule has 4 nitrogen and oxygen atoms in total. The summed E-state index contributed by atoms with van der Waals surface area (Å²) in [5, 5.41) is 0. The molecule has 1 saturated heterocycles. The van der Waals surface area contributed by atoms with Crippen LogP contribution < -0.4 is 16.4 Å². The standard InChI is InChI=1S/C18H23FN4/c19-17-13-16(5-6-18(17)21)23-11-9-22(10-12-23)8-7-14-1-3-15(20)4-2-14/h1-6,13H,7-12,20-21H2. The molecule has 0 aliphatic carbocycles. The molecular weight excluding hydrogens is 291 g/mol. The fraction of sp³-hybridized carbons (Fsp3) is 0.333. The van der Waals surface area contributed by atoms with Crippen molar-refractivity contribution in [2.75, 3.05) is 49.1 Å². The van der Waals surface area contributed by atoms with E-state index in [2.05, 4.69) is 21.9 Å². The van der Waals surface area contributed by atoms with Crippen LogP contribution in [0.3, 0.4) is 0 Å². The van der Waals surface area contributed by atoms with Crippen LogP contribution in [0.4, 0.5) is 21.5 Å². The van der Waals surface area contributed by atoms with Crippen molar-refractivity contribution in [1.29, 1.82) is 0 Å². The van der Waals surface area contributed by atoms with Gasteiger partial charge >= 0.3 is 0 Å². The van der Waals surface area contributed by atoms with Crippen LogP contribution in [-0.2, 0) is 6.42 Å². The van der Waals surface area contributed by atoms with E-state index in [4.69, 9.17) is 11.5 Å². The summed E-state index contributed by atoms with van der Waals surface area (Å²) in [5.41, 5.74) is 14.5. The highest BCUT2D eigenvalue weighted by atomic mass is 19.1. The van der Waals surface area contributed by atoms with Crippen LogP contribution in [0.2, 0.25) is 0 Å². The minimum atomic E-state index is -0.340. The quantitative estimate of drug-likeness (QED) is 0.851. The van der Waals surface area contributed by atoms with Gasteiger partial charge in [-0.05, 0) is 42.3 Å². The number of nitrogens with two attached hydrogens (primary N) is 2. The van der Waals surface area contributed by atoms with Gasteiger partial charge in [-0.15, -0.1) is 0 Å². The molecule has 2 aromatic carbocycles. The summed E-state index contributed by atoms with van der Waals surface area (Å²) in [5.74, 6) is -0.340. The van der Waals surface area contributed by atoms with Crippen molar-refractivity contribution < 1.29 is 4.39 Å². The third-order valence-electron chi connectivity index (χ3n) is 4.42. The minimum absolute atomic E-state index is 0.205. The largest absolute Gasteiger partial charge is 0.399 e. The Morgan fingerprint density at radius 2 is 1.61 bits per heavy atom. The lowest BCUT2D eigenvalue weighted by Gasteiger charge is -2.36. The number of hydrogen-bond donors (Lipinski definition) is 2. The summed E-state index contributed by atoms with van der Waals surface area (Å²) >= 11 is 0. The molecular formula is C18H23FN4. The van der Waals surface area contributed by atoms with Gasteiger partial charge in [0.2, 0.25) is 0 Å². The van der Waals surface area contributed by atoms with Gasteiger partial charge in [-0.1, -0.05) is 12.1 Å². The summed E-state index contributed by atoms with van der Waals surface area (Å²) in [4.78, 5) is 4.66. The smallest absolute Gasteiger partial charge is 0.148 e. The van der Waals surface area contributed by atoms with Gasteiger partial charge in [0, 0.05) is 44.1 Å². The molecule has 0 radical (unpaired) electrons. The summed E-state index contributed by atoms with van der Waals surface area (Å²) in [6.07, 6.45) is 1.02. The van der Waals surface area contributed by atoms with E-state index in [1.165, 1.54) is 11.6 Å². The second-order valence-electron chi connectivity index (χ2n) is 6.03. The van der Waals surface area contributed by atoms with Crippen LogP contribution >= 0.6 is 0 Å². The Bertz CT molecular complexity index is 649. The molecule has 0 atom stereocenters. The molecule has 122 valence electrons. The average molecular weight is 314 g/mol. The summed E-state index contributed by atoms with van der Waals surface area (Å²) in [6.45, 7) is 4.83. The van der Waals surface area contributed by atoms with Gasteiger partial charge in [-0.2, -0.15) is 0 Å². The molecule has 1 aliphatic heterocycles. The van der Waals surface area contributed by atoms with E-state index in [1.807, 2.05) is 18.2 Å². The molecule has 1 fully saturated rings. The Morgan fingerprint density at radius 3 is 2.26 bits per heavy atom. The van der Waals surface area contributed by atoms with Crippen LogP contribution in [0.25, 0.3) is 0 Å². The van der Waals surface area contributed by atoms with E-state index >= 15 is 0 Å². The number of hydrogen-bond acceptors (Lipinski definition) is 4. The number of nitrogen functional groups attached to an aromatic ring is 2. The first-order valence-electron chi connectivity index (χ1n) is 7.98. The summed E-state index contributed by atoms with van der Waals surface area (Å²) in [7, 11) is 0. The molecule has 5 heteroatoms. The first kappa shape index (κ1) is 15.6. The second kappa shape index (κ2) is 6.87. The highest BCUT2D eigenvalue weighted by Gasteiger charge is 2.17. The highest BCUT2D eigenvalue weighted by molar-refractivity contribution is 5.54. The maximum Gasteiger partial charge on any atom is 0.148 e. The average Bonchev–Trinajstić information content (AvgIpc) is 2.57. The SMILES string of the molecule is Nc1ccc(CCN2CCN(c3ccc(N)c(F)c3)CC2)cc1. The van der Waals surface area contributed by atoms with Crippen LogP contribution in [-0.4, -0.2) is 37.6 Å². The molecule has 23 heavy (non-hydrogen) atoms.